The fourth-order valence-electron chi connectivity index (χ4n) is 3.82. The van der Waals surface area contributed by atoms with E-state index in [1.807, 2.05) is 62.4 Å². The topological polar surface area (TPSA) is 56.3 Å². The van der Waals surface area contributed by atoms with Crippen molar-refractivity contribution in [3.63, 3.8) is 0 Å². The Morgan fingerprint density at radius 2 is 1.81 bits per heavy atom. The highest BCUT2D eigenvalue weighted by atomic mass is 35.5. The predicted octanol–water partition coefficient (Wildman–Crippen LogP) is 4.72. The molecule has 1 aliphatic heterocycles. The zero-order valence-corrected chi connectivity index (χ0v) is 16.5. The van der Waals surface area contributed by atoms with Crippen molar-refractivity contribution in [2.45, 2.75) is 26.4 Å². The van der Waals surface area contributed by atoms with E-state index >= 15 is 0 Å². The molecule has 0 saturated carbocycles. The summed E-state index contributed by atoms with van der Waals surface area (Å²) in [7, 11) is 0. The van der Waals surface area contributed by atoms with Gasteiger partial charge in [-0.05, 0) is 30.7 Å². The Kier molecular flexibility index (Phi) is 4.09. The van der Waals surface area contributed by atoms with Crippen LogP contribution in [0, 0.1) is 5.41 Å². The zero-order valence-electron chi connectivity index (χ0n) is 15.7. The van der Waals surface area contributed by atoms with Crippen LogP contribution in [0.5, 0.6) is 0 Å². The molecule has 0 bridgehead atoms. The first kappa shape index (κ1) is 18.1. The number of nitrogens with zero attached hydrogens (tertiary/aromatic N) is 1. The summed E-state index contributed by atoms with van der Waals surface area (Å²) >= 11 is 6.23. The number of benzene rings is 2. The lowest BCUT2D eigenvalue weighted by Gasteiger charge is -2.30. The maximum Gasteiger partial charge on any atom is 0.271 e. The molecular formula is C22H23ClN2O2. The maximum atomic E-state index is 13.4. The molecule has 2 N–H and O–H groups in total. The largest absolute Gasteiger partial charge is 0.388 e. The van der Waals surface area contributed by atoms with Gasteiger partial charge in [0.05, 0.1) is 12.1 Å². The smallest absolute Gasteiger partial charge is 0.271 e. The van der Waals surface area contributed by atoms with Crippen LogP contribution in [-0.4, -0.2) is 39.6 Å². The number of rotatable bonds is 2. The quantitative estimate of drug-likeness (QED) is 0.673. The van der Waals surface area contributed by atoms with Crippen LogP contribution in [-0.2, 0) is 0 Å². The lowest BCUT2D eigenvalue weighted by molar-refractivity contribution is -0.0108. The Morgan fingerprint density at radius 3 is 2.44 bits per heavy atom. The number of carbonyl (C=O) groups is 1. The van der Waals surface area contributed by atoms with Gasteiger partial charge in [-0.15, -0.1) is 0 Å². The highest BCUT2D eigenvalue weighted by Crippen LogP contribution is 2.40. The number of aliphatic hydroxyl groups is 1. The van der Waals surface area contributed by atoms with Crippen molar-refractivity contribution in [3.8, 4) is 11.1 Å². The van der Waals surface area contributed by atoms with Gasteiger partial charge < -0.3 is 15.0 Å². The average molecular weight is 383 g/mol. The molecule has 0 spiro atoms. The average Bonchev–Trinajstić information content (AvgIpc) is 3.09. The van der Waals surface area contributed by atoms with Crippen molar-refractivity contribution >= 4 is 28.4 Å². The van der Waals surface area contributed by atoms with Crippen LogP contribution < -0.4 is 0 Å². The van der Waals surface area contributed by atoms with Crippen molar-refractivity contribution in [3.05, 3.63) is 59.2 Å². The zero-order chi connectivity index (χ0) is 19.4. The molecule has 5 heteroatoms. The molecule has 4 rings (SSSR count). The molecule has 1 aliphatic rings. The molecule has 140 valence electrons. The Morgan fingerprint density at radius 1 is 1.11 bits per heavy atom. The van der Waals surface area contributed by atoms with Gasteiger partial charge in [0.15, 0.2) is 0 Å². The fourth-order valence-corrected chi connectivity index (χ4v) is 3.99. The first-order chi connectivity index (χ1) is 12.7. The van der Waals surface area contributed by atoms with Crippen molar-refractivity contribution < 1.29 is 9.90 Å². The predicted molar refractivity (Wildman–Crippen MR) is 109 cm³/mol. The monoisotopic (exact) mass is 382 g/mol. The van der Waals surface area contributed by atoms with Crippen molar-refractivity contribution in [1.29, 1.82) is 0 Å². The van der Waals surface area contributed by atoms with Gasteiger partial charge in [0.25, 0.3) is 5.91 Å². The number of aromatic amines is 1. The Hall–Kier alpha value is -2.30. The third-order valence-corrected chi connectivity index (χ3v) is 6.10. The molecule has 4 nitrogen and oxygen atoms in total. The minimum absolute atomic E-state index is 0.105. The molecule has 0 radical (unpaired) electrons. The van der Waals surface area contributed by atoms with Crippen LogP contribution in [0.15, 0.2) is 48.5 Å². The van der Waals surface area contributed by atoms with E-state index in [-0.39, 0.29) is 11.3 Å². The Balaban J connectivity index is 1.86. The van der Waals surface area contributed by atoms with E-state index in [0.717, 1.165) is 22.0 Å². The molecule has 3 aromatic rings. The van der Waals surface area contributed by atoms with Crippen LogP contribution in [0.3, 0.4) is 0 Å². The number of β-amino-alcohol motifs (C(OH)–C–C–N with tert-alkyl or cyclic N) is 1. The summed E-state index contributed by atoms with van der Waals surface area (Å²) in [5, 5.41) is 12.3. The lowest BCUT2D eigenvalue weighted by atomic mass is 9.79. The Labute approximate surface area is 163 Å². The summed E-state index contributed by atoms with van der Waals surface area (Å²) < 4.78 is 0. The highest BCUT2D eigenvalue weighted by molar-refractivity contribution is 6.31. The summed E-state index contributed by atoms with van der Waals surface area (Å²) in [6, 6.07) is 15.4. The summed E-state index contributed by atoms with van der Waals surface area (Å²) in [5.74, 6) is -0.105. The number of halogens is 1. The number of carbonyl (C=O) groups excluding carboxylic acids is 1. The second-order valence-corrected chi connectivity index (χ2v) is 8.69. The normalized spacial score (nSPS) is 21.7. The van der Waals surface area contributed by atoms with E-state index in [0.29, 0.717) is 23.8 Å². The van der Waals surface area contributed by atoms with E-state index in [1.165, 1.54) is 0 Å². The van der Waals surface area contributed by atoms with Crippen LogP contribution in [0.2, 0.25) is 5.02 Å². The summed E-state index contributed by atoms with van der Waals surface area (Å²) in [6.45, 7) is 6.59. The molecular weight excluding hydrogens is 360 g/mol. The maximum absolute atomic E-state index is 13.4. The minimum atomic E-state index is -0.926. The number of amides is 1. The number of likely N-dealkylation sites (tertiary alicyclic amines) is 1. The second kappa shape index (κ2) is 6.11. The van der Waals surface area contributed by atoms with Crippen LogP contribution in [0.4, 0.5) is 0 Å². The van der Waals surface area contributed by atoms with Gasteiger partial charge in [-0.3, -0.25) is 4.79 Å². The van der Waals surface area contributed by atoms with E-state index < -0.39 is 5.60 Å². The summed E-state index contributed by atoms with van der Waals surface area (Å²) in [5.41, 5.74) is 1.91. The fraction of sp³-hybridized carbons (Fsp3) is 0.318. The molecule has 1 aromatic heterocycles. The van der Waals surface area contributed by atoms with E-state index in [2.05, 4.69) is 4.98 Å². The first-order valence-corrected chi connectivity index (χ1v) is 9.46. The van der Waals surface area contributed by atoms with Gasteiger partial charge in [0.2, 0.25) is 0 Å². The van der Waals surface area contributed by atoms with E-state index in [9.17, 15) is 9.90 Å². The number of nitrogens with one attached hydrogen (secondary N) is 1. The van der Waals surface area contributed by atoms with Crippen molar-refractivity contribution in [1.82, 2.24) is 9.88 Å². The molecule has 1 amide bonds. The number of fused-ring (bicyclic) bond motifs is 1. The van der Waals surface area contributed by atoms with Crippen LogP contribution in [0.25, 0.3) is 22.0 Å². The molecule has 2 heterocycles. The van der Waals surface area contributed by atoms with Crippen molar-refractivity contribution in [2.75, 3.05) is 13.1 Å². The van der Waals surface area contributed by atoms with Gasteiger partial charge in [-0.1, -0.05) is 55.8 Å². The van der Waals surface area contributed by atoms with Gasteiger partial charge in [0.1, 0.15) is 5.69 Å². The lowest BCUT2D eigenvalue weighted by Crippen LogP contribution is -2.40. The molecule has 0 aliphatic carbocycles. The third kappa shape index (κ3) is 2.93. The van der Waals surface area contributed by atoms with Crippen LogP contribution in [0.1, 0.15) is 31.3 Å². The molecule has 2 aromatic carbocycles. The van der Waals surface area contributed by atoms with E-state index in [4.69, 9.17) is 11.6 Å². The van der Waals surface area contributed by atoms with Gasteiger partial charge >= 0.3 is 0 Å². The molecule has 1 unspecified atom stereocenters. The van der Waals surface area contributed by atoms with Crippen molar-refractivity contribution in [2.24, 2.45) is 5.41 Å². The Bertz CT molecular complexity index is 1010. The standard InChI is InChI=1S/C22H23ClN2O2/c1-21(2)12-25(13-22(21,3)27)20(26)19-18(14-7-5-4-6-8-14)16-11-15(23)9-10-17(16)24-19/h4-11,24,27H,12-13H2,1-3H3. The number of hydrogen-bond donors (Lipinski definition) is 2. The first-order valence-electron chi connectivity index (χ1n) is 9.08. The number of hydrogen-bond acceptors (Lipinski definition) is 2. The molecule has 1 atom stereocenters. The molecule has 27 heavy (non-hydrogen) atoms. The van der Waals surface area contributed by atoms with Gasteiger partial charge in [-0.25, -0.2) is 0 Å². The third-order valence-electron chi connectivity index (χ3n) is 5.87. The number of aromatic nitrogens is 1. The second-order valence-electron chi connectivity index (χ2n) is 8.25. The SMILES string of the molecule is CC1(C)CN(C(=O)c2[nH]c3ccc(Cl)cc3c2-c2ccccc2)CC1(C)O. The van der Waals surface area contributed by atoms with E-state index in [1.54, 1.807) is 11.8 Å². The van der Waals surface area contributed by atoms with Gasteiger partial charge in [-0.2, -0.15) is 0 Å². The summed E-state index contributed by atoms with van der Waals surface area (Å²) in [6.07, 6.45) is 0. The van der Waals surface area contributed by atoms with Gasteiger partial charge in [0, 0.05) is 33.4 Å². The molecule has 1 fully saturated rings. The van der Waals surface area contributed by atoms with Crippen LogP contribution >= 0.6 is 11.6 Å². The highest BCUT2D eigenvalue weighted by Gasteiger charge is 2.49. The number of H-pyrrole nitrogens is 1. The minimum Gasteiger partial charge on any atom is -0.388 e. The summed E-state index contributed by atoms with van der Waals surface area (Å²) in [4.78, 5) is 18.4. The molecule has 1 saturated heterocycles.